The second-order valence-corrected chi connectivity index (χ2v) is 10.5. The van der Waals surface area contributed by atoms with Gasteiger partial charge in [-0.25, -0.2) is 13.8 Å². The molecule has 0 radical (unpaired) electrons. The molecule has 0 spiro atoms. The van der Waals surface area contributed by atoms with Crippen molar-refractivity contribution in [2.75, 3.05) is 6.67 Å². The molecule has 0 atom stereocenters. The Bertz CT molecular complexity index is 1000. The van der Waals surface area contributed by atoms with Gasteiger partial charge in [0.15, 0.2) is 0 Å². The van der Waals surface area contributed by atoms with Gasteiger partial charge in [0.2, 0.25) is 0 Å². The zero-order chi connectivity index (χ0) is 22.0. The summed E-state index contributed by atoms with van der Waals surface area (Å²) in [6.07, 6.45) is 2.18. The van der Waals surface area contributed by atoms with Crippen molar-refractivity contribution in [3.8, 4) is 6.07 Å². The first-order chi connectivity index (χ1) is 14.3. The second-order valence-electron chi connectivity index (χ2n) is 8.11. The van der Waals surface area contributed by atoms with E-state index in [1.165, 1.54) is 23.3 Å². The summed E-state index contributed by atoms with van der Waals surface area (Å²) in [4.78, 5) is 5.53. The van der Waals surface area contributed by atoms with Crippen LogP contribution in [0.25, 0.3) is 0 Å². The van der Waals surface area contributed by atoms with E-state index in [9.17, 15) is 9.65 Å². The van der Waals surface area contributed by atoms with Crippen LogP contribution in [0.4, 0.5) is 8.78 Å². The highest BCUT2D eigenvalue weighted by Gasteiger charge is 2.28. The average Bonchev–Trinajstić information content (AvgIpc) is 3.05. The molecular formula is C23H27F2N3S2. The summed E-state index contributed by atoms with van der Waals surface area (Å²) in [5.41, 5.74) is 2.63. The van der Waals surface area contributed by atoms with E-state index in [0.29, 0.717) is 22.9 Å². The molecule has 30 heavy (non-hydrogen) atoms. The van der Waals surface area contributed by atoms with E-state index in [4.69, 9.17) is 0 Å². The number of thiophene rings is 1. The molecule has 2 heterocycles. The molecule has 0 bridgehead atoms. The number of aryl methyl sites for hydroxylation is 1. The van der Waals surface area contributed by atoms with E-state index in [0.717, 1.165) is 34.7 Å². The van der Waals surface area contributed by atoms with E-state index < -0.39 is 5.82 Å². The van der Waals surface area contributed by atoms with Crippen molar-refractivity contribution in [1.82, 2.24) is 4.31 Å². The summed E-state index contributed by atoms with van der Waals surface area (Å²) in [6.45, 7) is 10.6. The highest BCUT2D eigenvalue weighted by atomic mass is 32.2. The first-order valence-electron chi connectivity index (χ1n) is 10.3. The number of rotatable bonds is 8. The lowest BCUT2D eigenvalue weighted by Gasteiger charge is -2.31. The highest BCUT2D eigenvalue weighted by Crippen LogP contribution is 2.39. The molecule has 7 heteroatoms. The van der Waals surface area contributed by atoms with Crippen LogP contribution in [0.15, 0.2) is 21.3 Å². The molecule has 3 nitrogen and oxygen atoms in total. The Kier molecular flexibility index (Phi) is 7.20. The Hall–Kier alpha value is -1.91. The van der Waals surface area contributed by atoms with Gasteiger partial charge in [-0.3, -0.25) is 4.31 Å². The van der Waals surface area contributed by atoms with Gasteiger partial charge in [-0.15, -0.1) is 11.3 Å². The van der Waals surface area contributed by atoms with Crippen molar-refractivity contribution < 1.29 is 8.78 Å². The Morgan fingerprint density at radius 1 is 1.23 bits per heavy atom. The molecule has 1 aliphatic rings. The van der Waals surface area contributed by atoms with Crippen LogP contribution in [-0.4, -0.2) is 16.8 Å². The van der Waals surface area contributed by atoms with Crippen LogP contribution in [0.2, 0.25) is 0 Å². The van der Waals surface area contributed by atoms with Gasteiger partial charge in [-0.2, -0.15) is 5.26 Å². The fraction of sp³-hybridized carbons (Fsp3) is 0.478. The van der Waals surface area contributed by atoms with Gasteiger partial charge >= 0.3 is 0 Å². The summed E-state index contributed by atoms with van der Waals surface area (Å²) < 4.78 is 32.0. The smallest absolute Gasteiger partial charge is 0.149 e. The van der Waals surface area contributed by atoms with E-state index in [1.54, 1.807) is 12.1 Å². The maximum atomic E-state index is 15.0. The Labute approximate surface area is 186 Å². The molecule has 0 N–H and O–H groups in total. The summed E-state index contributed by atoms with van der Waals surface area (Å²) in [5, 5.41) is 9.36. The van der Waals surface area contributed by atoms with Gasteiger partial charge in [0.05, 0.1) is 5.56 Å². The fourth-order valence-corrected chi connectivity index (χ4v) is 5.75. The van der Waals surface area contributed by atoms with Crippen molar-refractivity contribution in [1.29, 1.82) is 5.26 Å². The van der Waals surface area contributed by atoms with Crippen molar-refractivity contribution in [3.05, 3.63) is 50.9 Å². The maximum absolute atomic E-state index is 15.0. The monoisotopic (exact) mass is 447 g/mol. The normalized spacial score (nSPS) is 13.6. The molecule has 0 saturated carbocycles. The standard InChI is InChI=1S/C23H27F2N3S2/c1-6-7-15-8-16(11-26)22(25)21(14(4)5)17(15)9-20-27-12-28(20)30-23-18(24)10-19(29-23)13(2)3/h8,10,13-14H,6-7,9,12H2,1-5H3. The Balaban J connectivity index is 1.89. The van der Waals surface area contributed by atoms with Gasteiger partial charge in [-0.1, -0.05) is 41.0 Å². The van der Waals surface area contributed by atoms with Gasteiger partial charge in [-0.05, 0) is 47.1 Å². The lowest BCUT2D eigenvalue weighted by molar-refractivity contribution is 0.578. The average molecular weight is 448 g/mol. The summed E-state index contributed by atoms with van der Waals surface area (Å²) in [5.74, 6) is 0.442. The third-order valence-corrected chi connectivity index (χ3v) is 7.75. The van der Waals surface area contributed by atoms with Crippen LogP contribution >= 0.6 is 23.3 Å². The van der Waals surface area contributed by atoms with E-state index in [-0.39, 0.29) is 23.2 Å². The van der Waals surface area contributed by atoms with Crippen molar-refractivity contribution in [2.45, 2.75) is 69.9 Å². The molecule has 1 aliphatic heterocycles. The zero-order valence-electron chi connectivity index (χ0n) is 18.1. The van der Waals surface area contributed by atoms with Crippen molar-refractivity contribution >= 4 is 29.1 Å². The fourth-order valence-electron chi connectivity index (χ4n) is 3.59. The molecule has 0 aliphatic carbocycles. The first-order valence-corrected chi connectivity index (χ1v) is 11.9. The lowest BCUT2D eigenvalue weighted by atomic mass is 9.87. The van der Waals surface area contributed by atoms with E-state index in [1.807, 2.05) is 24.2 Å². The number of halogens is 2. The summed E-state index contributed by atoms with van der Waals surface area (Å²) >= 11 is 2.84. The highest BCUT2D eigenvalue weighted by molar-refractivity contribution is 7.99. The van der Waals surface area contributed by atoms with Crippen LogP contribution in [0.5, 0.6) is 0 Å². The molecule has 2 aromatic rings. The third-order valence-electron chi connectivity index (χ3n) is 5.16. The molecule has 1 aromatic heterocycles. The summed E-state index contributed by atoms with van der Waals surface area (Å²) in [7, 11) is 0. The molecule has 0 unspecified atom stereocenters. The molecule has 0 fully saturated rings. The summed E-state index contributed by atoms with van der Waals surface area (Å²) in [6, 6.07) is 5.29. The SMILES string of the molecule is CCCc1cc(C#N)c(F)c(C(C)C)c1CC1=NCN1Sc1sc(C(C)C)cc1F. The van der Waals surface area contributed by atoms with E-state index >= 15 is 4.39 Å². The van der Waals surface area contributed by atoms with Crippen molar-refractivity contribution in [2.24, 2.45) is 4.99 Å². The van der Waals surface area contributed by atoms with Crippen molar-refractivity contribution in [3.63, 3.8) is 0 Å². The number of amidine groups is 1. The number of hydrogen-bond donors (Lipinski definition) is 0. The number of benzene rings is 1. The van der Waals surface area contributed by atoms with Gasteiger partial charge in [0.25, 0.3) is 0 Å². The Morgan fingerprint density at radius 2 is 1.97 bits per heavy atom. The largest absolute Gasteiger partial charge is 0.278 e. The zero-order valence-corrected chi connectivity index (χ0v) is 19.7. The number of aliphatic imine (C=N–C) groups is 1. The van der Waals surface area contributed by atoms with Gasteiger partial charge in [0.1, 0.15) is 34.4 Å². The lowest BCUT2D eigenvalue weighted by Crippen LogP contribution is -2.36. The second kappa shape index (κ2) is 9.49. The van der Waals surface area contributed by atoms with E-state index in [2.05, 4.69) is 25.8 Å². The molecule has 0 saturated heterocycles. The van der Waals surface area contributed by atoms with Crippen LogP contribution in [-0.2, 0) is 12.8 Å². The third kappa shape index (κ3) is 4.55. The predicted molar refractivity (Wildman–Crippen MR) is 121 cm³/mol. The van der Waals surface area contributed by atoms with Gasteiger partial charge < -0.3 is 0 Å². The molecule has 1 aromatic carbocycles. The predicted octanol–water partition coefficient (Wildman–Crippen LogP) is 7.02. The number of nitrogens with zero attached hydrogens (tertiary/aromatic N) is 3. The molecule has 0 amide bonds. The number of nitriles is 1. The molecule has 160 valence electrons. The minimum absolute atomic E-state index is 0.0472. The van der Waals surface area contributed by atoms with Crippen LogP contribution in [0.3, 0.4) is 0 Å². The van der Waals surface area contributed by atoms with Crippen LogP contribution < -0.4 is 0 Å². The quantitative estimate of drug-likeness (QED) is 0.408. The van der Waals surface area contributed by atoms with Gasteiger partial charge in [0, 0.05) is 23.2 Å². The first kappa shape index (κ1) is 22.8. The Morgan fingerprint density at radius 3 is 2.47 bits per heavy atom. The topological polar surface area (TPSA) is 39.4 Å². The minimum Gasteiger partial charge on any atom is -0.278 e. The van der Waals surface area contributed by atoms with Crippen LogP contribution in [0.1, 0.15) is 80.0 Å². The maximum Gasteiger partial charge on any atom is 0.149 e. The molecular weight excluding hydrogens is 420 g/mol. The minimum atomic E-state index is -0.424. The number of hydrogen-bond acceptors (Lipinski definition) is 5. The van der Waals surface area contributed by atoms with Crippen LogP contribution in [0, 0.1) is 23.0 Å². The molecule has 3 rings (SSSR count).